The molecule has 0 aromatic rings. The number of hydrogen-bond acceptors (Lipinski definition) is 3. The second-order valence-corrected chi connectivity index (χ2v) is 4.14. The van der Waals surface area contributed by atoms with E-state index in [4.69, 9.17) is 5.26 Å². The SMILES string of the molecule is N#CC1(C(=O)NC(=O)C2CCC2)CC1. The van der Waals surface area contributed by atoms with Gasteiger partial charge in [0, 0.05) is 5.92 Å². The van der Waals surface area contributed by atoms with Crippen molar-refractivity contribution in [2.45, 2.75) is 32.1 Å². The number of rotatable bonds is 2. The third-order valence-corrected chi connectivity index (χ3v) is 3.11. The molecule has 14 heavy (non-hydrogen) atoms. The number of hydrogen-bond donors (Lipinski definition) is 1. The highest BCUT2D eigenvalue weighted by Crippen LogP contribution is 2.45. The number of amides is 2. The molecule has 2 saturated carbocycles. The van der Waals surface area contributed by atoms with Crippen molar-refractivity contribution in [1.82, 2.24) is 5.32 Å². The van der Waals surface area contributed by atoms with Crippen LogP contribution in [0.5, 0.6) is 0 Å². The van der Waals surface area contributed by atoms with Crippen molar-refractivity contribution in [3.63, 3.8) is 0 Å². The van der Waals surface area contributed by atoms with E-state index in [1.165, 1.54) is 0 Å². The van der Waals surface area contributed by atoms with Gasteiger partial charge in [0.25, 0.3) is 0 Å². The first-order chi connectivity index (χ1) is 6.68. The molecular formula is C10H12N2O2. The fourth-order valence-electron chi connectivity index (χ4n) is 1.52. The average Bonchev–Trinajstić information content (AvgIpc) is 2.80. The molecule has 2 aliphatic carbocycles. The quantitative estimate of drug-likeness (QED) is 0.656. The van der Waals surface area contributed by atoms with Gasteiger partial charge < -0.3 is 0 Å². The summed E-state index contributed by atoms with van der Waals surface area (Å²) in [6.45, 7) is 0. The summed E-state index contributed by atoms with van der Waals surface area (Å²) in [5.41, 5.74) is -0.876. The van der Waals surface area contributed by atoms with Crippen molar-refractivity contribution in [1.29, 1.82) is 5.26 Å². The lowest BCUT2D eigenvalue weighted by Gasteiger charge is -2.23. The summed E-state index contributed by atoms with van der Waals surface area (Å²) < 4.78 is 0. The molecule has 0 unspecified atom stereocenters. The van der Waals surface area contributed by atoms with Gasteiger partial charge >= 0.3 is 0 Å². The number of nitrogens with zero attached hydrogens (tertiary/aromatic N) is 1. The third-order valence-electron chi connectivity index (χ3n) is 3.11. The van der Waals surface area contributed by atoms with Crippen molar-refractivity contribution in [3.05, 3.63) is 0 Å². The van der Waals surface area contributed by atoms with Crippen LogP contribution >= 0.6 is 0 Å². The predicted octanol–water partition coefficient (Wildman–Crippen LogP) is 0.733. The first kappa shape index (κ1) is 9.20. The van der Waals surface area contributed by atoms with Crippen LogP contribution in [0.2, 0.25) is 0 Å². The van der Waals surface area contributed by atoms with Crippen LogP contribution in [0.15, 0.2) is 0 Å². The predicted molar refractivity (Wildman–Crippen MR) is 47.8 cm³/mol. The van der Waals surface area contributed by atoms with E-state index < -0.39 is 11.3 Å². The fourth-order valence-corrected chi connectivity index (χ4v) is 1.52. The molecule has 0 radical (unpaired) electrons. The molecular weight excluding hydrogens is 180 g/mol. The van der Waals surface area contributed by atoms with Gasteiger partial charge in [-0.05, 0) is 25.7 Å². The minimum absolute atomic E-state index is 0.00782. The topological polar surface area (TPSA) is 70.0 Å². The van der Waals surface area contributed by atoms with Crippen LogP contribution in [0.4, 0.5) is 0 Å². The van der Waals surface area contributed by atoms with E-state index in [1.807, 2.05) is 6.07 Å². The van der Waals surface area contributed by atoms with Gasteiger partial charge in [0.05, 0.1) is 6.07 Å². The van der Waals surface area contributed by atoms with Crippen LogP contribution in [-0.4, -0.2) is 11.8 Å². The molecule has 0 bridgehead atoms. The van der Waals surface area contributed by atoms with Crippen LogP contribution in [0, 0.1) is 22.7 Å². The van der Waals surface area contributed by atoms with Crippen LogP contribution < -0.4 is 5.32 Å². The van der Waals surface area contributed by atoms with E-state index in [0.29, 0.717) is 12.8 Å². The number of carbonyl (C=O) groups is 2. The summed E-state index contributed by atoms with van der Waals surface area (Å²) in [7, 11) is 0. The van der Waals surface area contributed by atoms with Crippen LogP contribution in [0.25, 0.3) is 0 Å². The van der Waals surface area contributed by atoms with Crippen molar-refractivity contribution in [2.24, 2.45) is 11.3 Å². The van der Waals surface area contributed by atoms with Crippen LogP contribution in [0.3, 0.4) is 0 Å². The van der Waals surface area contributed by atoms with Gasteiger partial charge in [-0.1, -0.05) is 6.42 Å². The number of imide groups is 1. The van der Waals surface area contributed by atoms with E-state index in [9.17, 15) is 9.59 Å². The number of carbonyl (C=O) groups excluding carboxylic acids is 2. The Kier molecular flexibility index (Phi) is 2.03. The van der Waals surface area contributed by atoms with E-state index in [0.717, 1.165) is 19.3 Å². The third kappa shape index (κ3) is 1.39. The zero-order valence-electron chi connectivity index (χ0n) is 7.88. The first-order valence-electron chi connectivity index (χ1n) is 4.94. The monoisotopic (exact) mass is 192 g/mol. The van der Waals surface area contributed by atoms with Crippen LogP contribution in [-0.2, 0) is 9.59 Å². The van der Waals surface area contributed by atoms with Gasteiger partial charge in [-0.25, -0.2) is 0 Å². The number of nitrogens with one attached hydrogen (secondary N) is 1. The Morgan fingerprint density at radius 3 is 2.36 bits per heavy atom. The van der Waals surface area contributed by atoms with Crippen molar-refractivity contribution >= 4 is 11.8 Å². The zero-order chi connectivity index (χ0) is 10.2. The first-order valence-corrected chi connectivity index (χ1v) is 4.94. The fraction of sp³-hybridized carbons (Fsp3) is 0.700. The molecule has 0 heterocycles. The van der Waals surface area contributed by atoms with Crippen molar-refractivity contribution in [2.75, 3.05) is 0 Å². The normalized spacial score (nSPS) is 23.1. The Labute approximate surface area is 82.3 Å². The molecule has 0 aromatic carbocycles. The lowest BCUT2D eigenvalue weighted by molar-refractivity contribution is -0.136. The molecule has 74 valence electrons. The van der Waals surface area contributed by atoms with E-state index in [1.54, 1.807) is 0 Å². The van der Waals surface area contributed by atoms with Gasteiger partial charge in [0.15, 0.2) is 0 Å². The molecule has 1 N–H and O–H groups in total. The second kappa shape index (κ2) is 3.09. The zero-order valence-corrected chi connectivity index (χ0v) is 7.88. The molecule has 0 aliphatic heterocycles. The second-order valence-electron chi connectivity index (χ2n) is 4.14. The Balaban J connectivity index is 1.88. The largest absolute Gasteiger partial charge is 0.295 e. The summed E-state index contributed by atoms with van der Waals surface area (Å²) >= 11 is 0. The Hall–Kier alpha value is -1.37. The van der Waals surface area contributed by atoms with E-state index in [-0.39, 0.29) is 11.8 Å². The molecule has 0 aromatic heterocycles. The van der Waals surface area contributed by atoms with Gasteiger partial charge in [0.2, 0.25) is 11.8 Å². The Morgan fingerprint density at radius 2 is 2.00 bits per heavy atom. The van der Waals surface area contributed by atoms with E-state index in [2.05, 4.69) is 5.32 Å². The maximum atomic E-state index is 11.5. The molecule has 0 saturated heterocycles. The van der Waals surface area contributed by atoms with Crippen LogP contribution in [0.1, 0.15) is 32.1 Å². The lowest BCUT2D eigenvalue weighted by Crippen LogP contribution is -2.41. The highest BCUT2D eigenvalue weighted by atomic mass is 16.2. The number of nitriles is 1. The van der Waals surface area contributed by atoms with Crippen molar-refractivity contribution in [3.8, 4) is 6.07 Å². The standard InChI is InChI=1S/C10H12N2O2/c11-6-10(4-5-10)9(14)12-8(13)7-2-1-3-7/h7H,1-5H2,(H,12,13,14). The molecule has 2 amide bonds. The maximum absolute atomic E-state index is 11.5. The van der Waals surface area contributed by atoms with Gasteiger partial charge in [-0.2, -0.15) is 5.26 Å². The Bertz CT molecular complexity index is 322. The summed E-state index contributed by atoms with van der Waals surface area (Å²) in [5.74, 6) is -0.576. The molecule has 2 rings (SSSR count). The summed E-state index contributed by atoms with van der Waals surface area (Å²) in [4.78, 5) is 22.8. The van der Waals surface area contributed by atoms with Gasteiger partial charge in [-0.3, -0.25) is 14.9 Å². The van der Waals surface area contributed by atoms with Crippen molar-refractivity contribution < 1.29 is 9.59 Å². The molecule has 2 aliphatic rings. The van der Waals surface area contributed by atoms with E-state index >= 15 is 0 Å². The van der Waals surface area contributed by atoms with Gasteiger partial charge in [0.1, 0.15) is 5.41 Å². The summed E-state index contributed by atoms with van der Waals surface area (Å²) in [6, 6.07) is 1.97. The highest BCUT2D eigenvalue weighted by molar-refractivity contribution is 6.01. The lowest BCUT2D eigenvalue weighted by atomic mass is 9.84. The minimum atomic E-state index is -0.876. The minimum Gasteiger partial charge on any atom is -0.295 e. The average molecular weight is 192 g/mol. The molecule has 2 fully saturated rings. The molecule has 0 spiro atoms. The Morgan fingerprint density at radius 1 is 1.36 bits per heavy atom. The molecule has 4 nitrogen and oxygen atoms in total. The smallest absolute Gasteiger partial charge is 0.247 e. The molecule has 4 heteroatoms. The molecule has 0 atom stereocenters. The maximum Gasteiger partial charge on any atom is 0.247 e. The van der Waals surface area contributed by atoms with Gasteiger partial charge in [-0.15, -0.1) is 0 Å². The summed E-state index contributed by atoms with van der Waals surface area (Å²) in [6.07, 6.45) is 3.99. The highest BCUT2D eigenvalue weighted by Gasteiger charge is 2.51. The summed E-state index contributed by atoms with van der Waals surface area (Å²) in [5, 5.41) is 11.1.